The van der Waals surface area contributed by atoms with Gasteiger partial charge >= 0.3 is 0 Å². The zero-order valence-corrected chi connectivity index (χ0v) is 23.1. The van der Waals surface area contributed by atoms with E-state index in [2.05, 4.69) is 36.2 Å². The van der Waals surface area contributed by atoms with Gasteiger partial charge in [0.1, 0.15) is 0 Å². The van der Waals surface area contributed by atoms with E-state index in [-0.39, 0.29) is 12.5 Å². The van der Waals surface area contributed by atoms with Crippen molar-refractivity contribution in [3.05, 3.63) is 70.2 Å². The van der Waals surface area contributed by atoms with Crippen molar-refractivity contribution >= 4 is 35.4 Å². The van der Waals surface area contributed by atoms with E-state index >= 15 is 0 Å². The highest BCUT2D eigenvalue weighted by atomic mass is 35.5. The lowest BCUT2D eigenvalue weighted by molar-refractivity contribution is 0.0511. The second-order valence-corrected chi connectivity index (χ2v) is 9.05. The second kappa shape index (κ2) is 17.9. The lowest BCUT2D eigenvalue weighted by Gasteiger charge is -2.12. The highest BCUT2D eigenvalue weighted by molar-refractivity contribution is 6.30. The van der Waals surface area contributed by atoms with Gasteiger partial charge in [0.05, 0.1) is 26.4 Å². The number of nitrogens with one attached hydrogen (secondary N) is 4. The van der Waals surface area contributed by atoms with Gasteiger partial charge < -0.3 is 41.6 Å². The van der Waals surface area contributed by atoms with Gasteiger partial charge in [0.2, 0.25) is 17.8 Å². The summed E-state index contributed by atoms with van der Waals surface area (Å²) in [5, 5.41) is 22.1. The molecule has 7 N–H and O–H groups in total. The zero-order chi connectivity index (χ0) is 28.4. The molecule has 12 nitrogen and oxygen atoms in total. The molecule has 0 aliphatic heterocycles. The number of benzene rings is 2. The van der Waals surface area contributed by atoms with Crippen LogP contribution in [0.1, 0.15) is 27.9 Å². The Hall–Kier alpha value is -3.55. The van der Waals surface area contributed by atoms with E-state index in [1.165, 1.54) is 0 Å². The van der Waals surface area contributed by atoms with Gasteiger partial charge in [-0.15, -0.1) is 0 Å². The van der Waals surface area contributed by atoms with E-state index in [0.29, 0.717) is 94.0 Å². The maximum atomic E-state index is 12.4. The number of nitrogens with zero attached hydrogens (tertiary/aromatic N) is 3. The maximum absolute atomic E-state index is 12.4. The second-order valence-electron chi connectivity index (χ2n) is 8.61. The molecule has 0 unspecified atom stereocenters. The van der Waals surface area contributed by atoms with Crippen LogP contribution >= 0.6 is 11.6 Å². The van der Waals surface area contributed by atoms with Crippen molar-refractivity contribution < 1.29 is 19.4 Å². The third-order valence-corrected chi connectivity index (χ3v) is 5.70. The van der Waals surface area contributed by atoms with Crippen LogP contribution in [0.25, 0.3) is 0 Å². The monoisotopic (exact) mass is 572 g/mol. The fraction of sp³-hybridized carbons (Fsp3) is 0.407. The van der Waals surface area contributed by atoms with Crippen LogP contribution in [-0.4, -0.2) is 78.6 Å². The molecule has 0 aliphatic rings. The molecule has 0 spiro atoms. The maximum Gasteiger partial charge on any atom is 0.251 e. The summed E-state index contributed by atoms with van der Waals surface area (Å²) in [5.41, 5.74) is 7.88. The number of halogens is 1. The molecule has 0 saturated carbocycles. The quantitative estimate of drug-likeness (QED) is 0.116. The number of aromatic nitrogens is 3. The Kier molecular flexibility index (Phi) is 13.9. The predicted molar refractivity (Wildman–Crippen MR) is 156 cm³/mol. The first kappa shape index (κ1) is 31.0. The standard InChI is InChI=1S/C27H37ClN8O4/c28-23-8-4-21(5-9-23)19-33-27-35-25(31-11-1-13-37)34-26(36-27)32-18-20-2-6-22(7-3-20)24(38)30-12-15-40-17-16-39-14-10-29/h2-9,37H,1,10-19,29H2,(H,30,38)(H3,31,32,33,34,35,36). The van der Waals surface area contributed by atoms with Crippen LogP contribution in [0.5, 0.6) is 0 Å². The Morgan fingerprint density at radius 1 is 0.775 bits per heavy atom. The zero-order valence-electron chi connectivity index (χ0n) is 22.4. The number of ether oxygens (including phenoxy) is 2. The minimum absolute atomic E-state index is 0.0672. The summed E-state index contributed by atoms with van der Waals surface area (Å²) in [6.07, 6.45) is 0.569. The SMILES string of the molecule is NCCOCCOCCNC(=O)c1ccc(CNc2nc(NCCCO)nc(NCc3ccc(Cl)cc3)n2)cc1. The fourth-order valence-corrected chi connectivity index (χ4v) is 3.50. The number of hydrogen-bond donors (Lipinski definition) is 6. The van der Waals surface area contributed by atoms with E-state index in [1.54, 1.807) is 12.1 Å². The summed E-state index contributed by atoms with van der Waals surface area (Å²) in [6, 6.07) is 14.8. The number of carbonyl (C=O) groups excluding carboxylic acids is 1. The van der Waals surface area contributed by atoms with Crippen molar-refractivity contribution in [2.75, 3.05) is 68.6 Å². The normalized spacial score (nSPS) is 10.8. The van der Waals surface area contributed by atoms with Gasteiger partial charge in [0.25, 0.3) is 5.91 Å². The molecule has 13 heteroatoms. The van der Waals surface area contributed by atoms with E-state index < -0.39 is 0 Å². The molecule has 3 rings (SSSR count). The molecule has 1 amide bonds. The lowest BCUT2D eigenvalue weighted by atomic mass is 10.1. The van der Waals surface area contributed by atoms with E-state index in [4.69, 9.17) is 31.9 Å². The first-order chi connectivity index (χ1) is 19.6. The van der Waals surface area contributed by atoms with Crippen molar-refractivity contribution in [3.63, 3.8) is 0 Å². The number of anilines is 3. The average molecular weight is 573 g/mol. The Morgan fingerprint density at radius 3 is 1.90 bits per heavy atom. The van der Waals surface area contributed by atoms with Crippen LogP contribution in [0.4, 0.5) is 17.8 Å². The Bertz CT molecular complexity index is 1150. The minimum Gasteiger partial charge on any atom is -0.396 e. The highest BCUT2D eigenvalue weighted by Crippen LogP contribution is 2.14. The molecule has 1 heterocycles. The van der Waals surface area contributed by atoms with Crippen LogP contribution < -0.4 is 27.0 Å². The molecule has 0 aliphatic carbocycles. The molecule has 0 bridgehead atoms. The van der Waals surface area contributed by atoms with E-state index in [0.717, 1.165) is 11.1 Å². The molecule has 0 fully saturated rings. The molecule has 3 aromatic rings. The number of nitrogens with two attached hydrogens (primary N) is 1. The number of carbonyl (C=O) groups is 1. The summed E-state index contributed by atoms with van der Waals surface area (Å²) >= 11 is 5.97. The molecule has 40 heavy (non-hydrogen) atoms. The van der Waals surface area contributed by atoms with Crippen LogP contribution in [0.3, 0.4) is 0 Å². The van der Waals surface area contributed by atoms with Crippen LogP contribution in [0.15, 0.2) is 48.5 Å². The van der Waals surface area contributed by atoms with Crippen molar-refractivity contribution in [1.29, 1.82) is 0 Å². The molecule has 2 aromatic carbocycles. The summed E-state index contributed by atoms with van der Waals surface area (Å²) in [6.45, 7) is 4.28. The Balaban J connectivity index is 1.50. The summed E-state index contributed by atoms with van der Waals surface area (Å²) in [4.78, 5) is 25.7. The number of hydrogen-bond acceptors (Lipinski definition) is 11. The van der Waals surface area contributed by atoms with Crippen LogP contribution in [0, 0.1) is 0 Å². The summed E-state index contributed by atoms with van der Waals surface area (Å²) < 4.78 is 10.6. The first-order valence-electron chi connectivity index (χ1n) is 13.1. The van der Waals surface area contributed by atoms with Crippen molar-refractivity contribution in [2.45, 2.75) is 19.5 Å². The van der Waals surface area contributed by atoms with Gasteiger partial charge in [0.15, 0.2) is 0 Å². The van der Waals surface area contributed by atoms with Crippen LogP contribution in [-0.2, 0) is 22.6 Å². The molecular formula is C27H37ClN8O4. The summed E-state index contributed by atoms with van der Waals surface area (Å²) in [7, 11) is 0. The Labute approximate surface area is 239 Å². The Morgan fingerprint density at radius 2 is 1.32 bits per heavy atom. The number of amides is 1. The van der Waals surface area contributed by atoms with Crippen molar-refractivity contribution in [3.8, 4) is 0 Å². The van der Waals surface area contributed by atoms with Gasteiger partial charge in [0, 0.05) is 49.9 Å². The molecule has 216 valence electrons. The fourth-order valence-electron chi connectivity index (χ4n) is 3.37. The third-order valence-electron chi connectivity index (χ3n) is 5.45. The van der Waals surface area contributed by atoms with Crippen molar-refractivity contribution in [2.24, 2.45) is 5.73 Å². The molecule has 1 aromatic heterocycles. The molecule has 0 radical (unpaired) electrons. The van der Waals surface area contributed by atoms with E-state index in [1.807, 2.05) is 36.4 Å². The molecule has 0 atom stereocenters. The predicted octanol–water partition coefficient (Wildman–Crippen LogP) is 2.27. The van der Waals surface area contributed by atoms with Crippen molar-refractivity contribution in [1.82, 2.24) is 20.3 Å². The molecular weight excluding hydrogens is 536 g/mol. The van der Waals surface area contributed by atoms with Gasteiger partial charge in [-0.3, -0.25) is 4.79 Å². The number of rotatable bonds is 19. The summed E-state index contributed by atoms with van der Waals surface area (Å²) in [5.74, 6) is 1.01. The minimum atomic E-state index is -0.171. The van der Waals surface area contributed by atoms with Gasteiger partial charge in [-0.2, -0.15) is 15.0 Å². The van der Waals surface area contributed by atoms with Gasteiger partial charge in [-0.1, -0.05) is 35.9 Å². The lowest BCUT2D eigenvalue weighted by Crippen LogP contribution is -2.27. The van der Waals surface area contributed by atoms with Gasteiger partial charge in [-0.25, -0.2) is 0 Å². The smallest absolute Gasteiger partial charge is 0.251 e. The number of aliphatic hydroxyl groups excluding tert-OH is 1. The largest absolute Gasteiger partial charge is 0.396 e. The topological polar surface area (TPSA) is 169 Å². The highest BCUT2D eigenvalue weighted by Gasteiger charge is 2.08. The average Bonchev–Trinajstić information content (AvgIpc) is 2.97. The third kappa shape index (κ3) is 11.7. The van der Waals surface area contributed by atoms with Crippen LogP contribution in [0.2, 0.25) is 5.02 Å². The van der Waals surface area contributed by atoms with Gasteiger partial charge in [-0.05, 0) is 41.8 Å². The number of aliphatic hydroxyl groups is 1. The van der Waals surface area contributed by atoms with E-state index in [9.17, 15) is 4.79 Å². The molecule has 0 saturated heterocycles. The first-order valence-corrected chi connectivity index (χ1v) is 13.5.